The van der Waals surface area contributed by atoms with Gasteiger partial charge >= 0.3 is 0 Å². The van der Waals surface area contributed by atoms with Crippen LogP contribution in [0.4, 0.5) is 5.82 Å². The molecule has 0 aromatic carbocycles. The van der Waals surface area contributed by atoms with Gasteiger partial charge in [-0.15, -0.1) is 0 Å². The molecule has 1 aliphatic rings. The summed E-state index contributed by atoms with van der Waals surface area (Å²) in [5.74, 6) is 1.26. The van der Waals surface area contributed by atoms with Crippen molar-refractivity contribution >= 4 is 11.5 Å². The first-order chi connectivity index (χ1) is 8.25. The molecule has 1 aromatic heterocycles. The van der Waals surface area contributed by atoms with Gasteiger partial charge in [0.25, 0.3) is 0 Å². The van der Waals surface area contributed by atoms with E-state index in [-0.39, 0.29) is 0 Å². The molecule has 1 aromatic rings. The highest BCUT2D eigenvalue weighted by molar-refractivity contribution is 5.59. The van der Waals surface area contributed by atoms with Gasteiger partial charge in [-0.3, -0.25) is 0 Å². The zero-order valence-electron chi connectivity index (χ0n) is 10.2. The van der Waals surface area contributed by atoms with Crippen LogP contribution in [0.2, 0.25) is 0 Å². The Bertz CT molecular complexity index is 383. The third-order valence-electron chi connectivity index (χ3n) is 3.33. The van der Waals surface area contributed by atoms with E-state index in [9.17, 15) is 0 Å². The molecule has 0 bridgehead atoms. The minimum absolute atomic E-state index is 0.482. The summed E-state index contributed by atoms with van der Waals surface area (Å²) in [6.45, 7) is 4.98. The maximum Gasteiger partial charge on any atom is 0.127 e. The monoisotopic (exact) mass is 232 g/mol. The number of hydrogen-bond acceptors (Lipinski definition) is 4. The molecular weight excluding hydrogens is 212 g/mol. The minimum atomic E-state index is 0.482. The van der Waals surface area contributed by atoms with Crippen LogP contribution in [0.1, 0.15) is 37.8 Å². The summed E-state index contributed by atoms with van der Waals surface area (Å²) in [5.41, 5.74) is 7.24. The van der Waals surface area contributed by atoms with Gasteiger partial charge in [-0.25, -0.2) is 9.97 Å². The largest absolute Gasteiger partial charge is 0.384 e. The number of nitrogens with two attached hydrogens (primary N) is 1. The maximum atomic E-state index is 5.62. The summed E-state index contributed by atoms with van der Waals surface area (Å²) in [5, 5.41) is 3.36. The number of nitrogen functional groups attached to an aromatic ring is 1. The molecule has 2 rings (SSSR count). The molecule has 0 saturated heterocycles. The Kier molecular flexibility index (Phi) is 3.96. The zero-order chi connectivity index (χ0) is 12.1. The molecule has 0 atom stereocenters. The van der Waals surface area contributed by atoms with Crippen LogP contribution in [0.25, 0.3) is 5.70 Å². The molecule has 0 unspecified atom stereocenters. The highest BCUT2D eigenvalue weighted by Gasteiger charge is 2.13. The Balaban J connectivity index is 1.84. The normalized spacial score (nSPS) is 16.7. The summed E-state index contributed by atoms with van der Waals surface area (Å²) in [6.07, 6.45) is 8.23. The minimum Gasteiger partial charge on any atom is -0.384 e. The lowest BCUT2D eigenvalue weighted by molar-refractivity contribution is 0.355. The van der Waals surface area contributed by atoms with Crippen LogP contribution in [0.3, 0.4) is 0 Å². The summed E-state index contributed by atoms with van der Waals surface area (Å²) in [6, 6.07) is 1.75. The molecule has 1 heterocycles. The number of rotatable bonds is 4. The summed E-state index contributed by atoms with van der Waals surface area (Å²) in [7, 11) is 0. The molecule has 0 aliphatic heterocycles. The quantitative estimate of drug-likeness (QED) is 0.835. The van der Waals surface area contributed by atoms with Gasteiger partial charge in [0.2, 0.25) is 0 Å². The molecule has 0 spiro atoms. The van der Waals surface area contributed by atoms with E-state index >= 15 is 0 Å². The lowest BCUT2D eigenvalue weighted by Crippen LogP contribution is -2.23. The number of anilines is 1. The molecule has 0 radical (unpaired) electrons. The van der Waals surface area contributed by atoms with E-state index in [2.05, 4.69) is 21.9 Å². The fraction of sp³-hybridized carbons (Fsp3) is 0.538. The Hall–Kier alpha value is -1.58. The second-order valence-electron chi connectivity index (χ2n) is 4.69. The van der Waals surface area contributed by atoms with Crippen molar-refractivity contribution in [2.75, 3.05) is 12.3 Å². The van der Waals surface area contributed by atoms with Gasteiger partial charge in [0, 0.05) is 12.6 Å². The van der Waals surface area contributed by atoms with Gasteiger partial charge in [0.05, 0.1) is 11.4 Å². The van der Waals surface area contributed by atoms with E-state index in [1.165, 1.54) is 38.4 Å². The van der Waals surface area contributed by atoms with Crippen molar-refractivity contribution in [2.24, 2.45) is 5.92 Å². The molecule has 4 nitrogen and oxygen atoms in total. The van der Waals surface area contributed by atoms with Crippen LogP contribution in [-0.4, -0.2) is 16.5 Å². The van der Waals surface area contributed by atoms with E-state index in [0.717, 1.165) is 23.9 Å². The highest BCUT2D eigenvalue weighted by atomic mass is 15.0. The van der Waals surface area contributed by atoms with E-state index in [0.29, 0.717) is 5.82 Å². The van der Waals surface area contributed by atoms with Crippen LogP contribution < -0.4 is 11.1 Å². The third kappa shape index (κ3) is 3.44. The summed E-state index contributed by atoms with van der Waals surface area (Å²) < 4.78 is 0. The predicted octanol–water partition coefficient (Wildman–Crippen LogP) is 2.20. The number of hydrogen-bond donors (Lipinski definition) is 2. The smallest absolute Gasteiger partial charge is 0.127 e. The van der Waals surface area contributed by atoms with Crippen molar-refractivity contribution in [1.29, 1.82) is 0 Å². The number of nitrogens with zero attached hydrogens (tertiary/aromatic N) is 2. The van der Waals surface area contributed by atoms with Crippen molar-refractivity contribution in [2.45, 2.75) is 32.1 Å². The number of nitrogens with one attached hydrogen (secondary N) is 1. The molecule has 1 aliphatic carbocycles. The van der Waals surface area contributed by atoms with Gasteiger partial charge in [-0.05, 0) is 18.8 Å². The van der Waals surface area contributed by atoms with Crippen molar-refractivity contribution in [3.05, 3.63) is 24.7 Å². The number of aromatic nitrogens is 2. The second kappa shape index (κ2) is 5.66. The van der Waals surface area contributed by atoms with Crippen molar-refractivity contribution < 1.29 is 0 Å². The van der Waals surface area contributed by atoms with Crippen LogP contribution in [0.5, 0.6) is 0 Å². The van der Waals surface area contributed by atoms with Gasteiger partial charge in [-0.2, -0.15) is 0 Å². The summed E-state index contributed by atoms with van der Waals surface area (Å²) in [4.78, 5) is 8.02. The first-order valence-electron chi connectivity index (χ1n) is 6.26. The summed E-state index contributed by atoms with van der Waals surface area (Å²) >= 11 is 0. The van der Waals surface area contributed by atoms with Gasteiger partial charge in [-0.1, -0.05) is 25.8 Å². The third-order valence-corrected chi connectivity index (χ3v) is 3.33. The van der Waals surface area contributed by atoms with Crippen molar-refractivity contribution in [1.82, 2.24) is 15.3 Å². The molecule has 0 amide bonds. The molecule has 17 heavy (non-hydrogen) atoms. The molecule has 1 saturated carbocycles. The molecule has 92 valence electrons. The van der Waals surface area contributed by atoms with Gasteiger partial charge in [0.1, 0.15) is 12.1 Å². The SMILES string of the molecule is C=C(NCC1CCCCC1)c1cc(N)ncn1. The Morgan fingerprint density at radius 3 is 2.82 bits per heavy atom. The average molecular weight is 232 g/mol. The van der Waals surface area contributed by atoms with E-state index < -0.39 is 0 Å². The topological polar surface area (TPSA) is 63.8 Å². The molecular formula is C13H20N4. The van der Waals surface area contributed by atoms with Crippen LogP contribution >= 0.6 is 0 Å². The van der Waals surface area contributed by atoms with Crippen LogP contribution in [-0.2, 0) is 0 Å². The fourth-order valence-corrected chi connectivity index (χ4v) is 2.29. The molecule has 1 fully saturated rings. The Labute approximate surface area is 102 Å². The van der Waals surface area contributed by atoms with Crippen molar-refractivity contribution in [3.63, 3.8) is 0 Å². The Morgan fingerprint density at radius 1 is 1.35 bits per heavy atom. The van der Waals surface area contributed by atoms with Gasteiger partial charge in [0.15, 0.2) is 0 Å². The standard InChI is InChI=1S/C13H20N4/c1-10(12-7-13(14)17-9-16-12)15-8-11-5-3-2-4-6-11/h7,9,11,15H,1-6,8H2,(H2,14,16,17). The fourth-order valence-electron chi connectivity index (χ4n) is 2.29. The first kappa shape index (κ1) is 11.9. The van der Waals surface area contributed by atoms with Crippen LogP contribution in [0.15, 0.2) is 19.0 Å². The van der Waals surface area contributed by atoms with E-state index in [1.807, 2.05) is 0 Å². The second-order valence-corrected chi connectivity index (χ2v) is 4.69. The highest BCUT2D eigenvalue weighted by Crippen LogP contribution is 2.23. The predicted molar refractivity (Wildman–Crippen MR) is 70.1 cm³/mol. The molecule has 3 N–H and O–H groups in total. The maximum absolute atomic E-state index is 5.62. The van der Waals surface area contributed by atoms with E-state index in [1.54, 1.807) is 6.07 Å². The lowest BCUT2D eigenvalue weighted by Gasteiger charge is -2.22. The molecule has 4 heteroatoms. The van der Waals surface area contributed by atoms with Gasteiger partial charge < -0.3 is 11.1 Å². The average Bonchev–Trinajstić information content (AvgIpc) is 2.37. The Morgan fingerprint density at radius 2 is 2.12 bits per heavy atom. The van der Waals surface area contributed by atoms with E-state index in [4.69, 9.17) is 5.73 Å². The first-order valence-corrected chi connectivity index (χ1v) is 6.26. The van der Waals surface area contributed by atoms with Crippen molar-refractivity contribution in [3.8, 4) is 0 Å². The van der Waals surface area contributed by atoms with Crippen LogP contribution in [0, 0.1) is 5.92 Å². The zero-order valence-corrected chi connectivity index (χ0v) is 10.2. The lowest BCUT2D eigenvalue weighted by atomic mass is 9.89.